The first-order valence-corrected chi connectivity index (χ1v) is 5.68. The summed E-state index contributed by atoms with van der Waals surface area (Å²) < 4.78 is 5.38. The minimum absolute atomic E-state index is 0.521. The lowest BCUT2D eigenvalue weighted by atomic mass is 9.83. The van der Waals surface area contributed by atoms with E-state index in [1.807, 2.05) is 0 Å². The molecule has 2 aliphatic heterocycles. The molecule has 2 saturated heterocycles. The standard InChI is InChI=1S/C11H22N2O/c1-11(7-12-8-11)9-13(2)10-3-5-14-6-4-10/h10,12H,3-9H2,1-2H3. The quantitative estimate of drug-likeness (QED) is 0.723. The highest BCUT2D eigenvalue weighted by atomic mass is 16.5. The Bertz CT molecular complexity index is 186. The van der Waals surface area contributed by atoms with Gasteiger partial charge in [-0.3, -0.25) is 0 Å². The molecule has 2 rings (SSSR count). The van der Waals surface area contributed by atoms with Gasteiger partial charge in [0.2, 0.25) is 0 Å². The maximum Gasteiger partial charge on any atom is 0.0480 e. The van der Waals surface area contributed by atoms with Crippen LogP contribution in [0.25, 0.3) is 0 Å². The lowest BCUT2D eigenvalue weighted by Crippen LogP contribution is -2.58. The first-order valence-electron chi connectivity index (χ1n) is 5.68. The molecule has 0 spiro atoms. The van der Waals surface area contributed by atoms with Crippen LogP contribution in [0.4, 0.5) is 0 Å². The van der Waals surface area contributed by atoms with E-state index in [4.69, 9.17) is 4.74 Å². The van der Waals surface area contributed by atoms with Gasteiger partial charge in [-0.05, 0) is 19.9 Å². The molecular formula is C11H22N2O. The summed E-state index contributed by atoms with van der Waals surface area (Å²) in [5, 5.41) is 3.36. The van der Waals surface area contributed by atoms with Gasteiger partial charge < -0.3 is 15.0 Å². The molecule has 2 heterocycles. The highest BCUT2D eigenvalue weighted by Crippen LogP contribution is 2.24. The summed E-state index contributed by atoms with van der Waals surface area (Å²) in [5.41, 5.74) is 0.521. The molecular weight excluding hydrogens is 176 g/mol. The van der Waals surface area contributed by atoms with E-state index in [1.54, 1.807) is 0 Å². The van der Waals surface area contributed by atoms with Crippen molar-refractivity contribution >= 4 is 0 Å². The van der Waals surface area contributed by atoms with E-state index >= 15 is 0 Å². The molecule has 14 heavy (non-hydrogen) atoms. The second-order valence-electron chi connectivity index (χ2n) is 5.17. The first-order chi connectivity index (χ1) is 6.70. The van der Waals surface area contributed by atoms with E-state index in [1.165, 1.54) is 32.5 Å². The van der Waals surface area contributed by atoms with Gasteiger partial charge in [0.25, 0.3) is 0 Å². The first kappa shape index (κ1) is 10.4. The largest absolute Gasteiger partial charge is 0.381 e. The Morgan fingerprint density at radius 2 is 2.00 bits per heavy atom. The van der Waals surface area contributed by atoms with Gasteiger partial charge in [-0.25, -0.2) is 0 Å². The average Bonchev–Trinajstić information content (AvgIpc) is 2.17. The van der Waals surface area contributed by atoms with E-state index in [0.29, 0.717) is 5.41 Å². The molecule has 82 valence electrons. The third-order valence-corrected chi connectivity index (χ3v) is 3.55. The van der Waals surface area contributed by atoms with Crippen LogP contribution in [0.2, 0.25) is 0 Å². The monoisotopic (exact) mass is 198 g/mol. The third kappa shape index (κ3) is 2.27. The van der Waals surface area contributed by atoms with Crippen molar-refractivity contribution in [2.45, 2.75) is 25.8 Å². The minimum atomic E-state index is 0.521. The molecule has 1 N–H and O–H groups in total. The van der Waals surface area contributed by atoms with Crippen LogP contribution in [-0.4, -0.2) is 50.8 Å². The SMILES string of the molecule is CN(CC1(C)CNC1)C1CCOCC1. The number of ether oxygens (including phenoxy) is 1. The highest BCUT2D eigenvalue weighted by Gasteiger charge is 2.34. The maximum absolute atomic E-state index is 5.38. The molecule has 0 radical (unpaired) electrons. The fourth-order valence-corrected chi connectivity index (χ4v) is 2.52. The summed E-state index contributed by atoms with van der Waals surface area (Å²) in [6, 6.07) is 0.751. The van der Waals surface area contributed by atoms with Crippen LogP contribution in [0, 0.1) is 5.41 Å². The van der Waals surface area contributed by atoms with E-state index < -0.39 is 0 Å². The molecule has 0 atom stereocenters. The lowest BCUT2D eigenvalue weighted by molar-refractivity contribution is 0.0205. The van der Waals surface area contributed by atoms with E-state index in [9.17, 15) is 0 Å². The number of hydrogen-bond donors (Lipinski definition) is 1. The van der Waals surface area contributed by atoms with Crippen molar-refractivity contribution < 1.29 is 4.74 Å². The Hall–Kier alpha value is -0.120. The number of nitrogens with zero attached hydrogens (tertiary/aromatic N) is 1. The number of rotatable bonds is 3. The second kappa shape index (κ2) is 4.17. The molecule has 0 aromatic rings. The topological polar surface area (TPSA) is 24.5 Å². The number of nitrogens with one attached hydrogen (secondary N) is 1. The minimum Gasteiger partial charge on any atom is -0.381 e. The molecule has 2 fully saturated rings. The molecule has 3 heteroatoms. The normalized spacial score (nSPS) is 27.6. The molecule has 0 saturated carbocycles. The molecule has 0 amide bonds. The van der Waals surface area contributed by atoms with Gasteiger partial charge in [-0.2, -0.15) is 0 Å². The fraction of sp³-hybridized carbons (Fsp3) is 1.00. The molecule has 0 aromatic heterocycles. The summed E-state index contributed by atoms with van der Waals surface area (Å²) in [7, 11) is 2.26. The summed E-state index contributed by atoms with van der Waals surface area (Å²) >= 11 is 0. The van der Waals surface area contributed by atoms with Crippen LogP contribution in [0.15, 0.2) is 0 Å². The van der Waals surface area contributed by atoms with E-state index in [-0.39, 0.29) is 0 Å². The van der Waals surface area contributed by atoms with Crippen molar-refractivity contribution in [3.8, 4) is 0 Å². The molecule has 0 aliphatic carbocycles. The Kier molecular flexibility index (Phi) is 3.10. The van der Waals surface area contributed by atoms with Crippen LogP contribution >= 0.6 is 0 Å². The van der Waals surface area contributed by atoms with Crippen LogP contribution in [0.3, 0.4) is 0 Å². The van der Waals surface area contributed by atoms with Crippen molar-refractivity contribution in [1.82, 2.24) is 10.2 Å². The summed E-state index contributed by atoms with van der Waals surface area (Å²) in [6.07, 6.45) is 2.42. The summed E-state index contributed by atoms with van der Waals surface area (Å²) in [5.74, 6) is 0. The zero-order valence-corrected chi connectivity index (χ0v) is 9.38. The molecule has 3 nitrogen and oxygen atoms in total. The predicted molar refractivity (Wildman–Crippen MR) is 57.4 cm³/mol. The summed E-state index contributed by atoms with van der Waals surface area (Å²) in [4.78, 5) is 2.53. The Morgan fingerprint density at radius 1 is 1.36 bits per heavy atom. The average molecular weight is 198 g/mol. The van der Waals surface area contributed by atoms with Crippen molar-refractivity contribution in [3.63, 3.8) is 0 Å². The van der Waals surface area contributed by atoms with Crippen molar-refractivity contribution in [2.24, 2.45) is 5.41 Å². The van der Waals surface area contributed by atoms with Gasteiger partial charge in [0, 0.05) is 44.3 Å². The Balaban J connectivity index is 1.78. The zero-order chi connectivity index (χ0) is 10.0. The highest BCUT2D eigenvalue weighted by molar-refractivity contribution is 4.91. The predicted octanol–water partition coefficient (Wildman–Crippen LogP) is 0.707. The van der Waals surface area contributed by atoms with Gasteiger partial charge in [0.05, 0.1) is 0 Å². The lowest BCUT2D eigenvalue weighted by Gasteiger charge is -2.44. The molecule has 0 unspecified atom stereocenters. The van der Waals surface area contributed by atoms with Crippen molar-refractivity contribution in [1.29, 1.82) is 0 Å². The van der Waals surface area contributed by atoms with Crippen LogP contribution in [0.5, 0.6) is 0 Å². The molecule has 2 aliphatic rings. The van der Waals surface area contributed by atoms with Gasteiger partial charge in [0.15, 0.2) is 0 Å². The second-order valence-corrected chi connectivity index (χ2v) is 5.17. The van der Waals surface area contributed by atoms with Gasteiger partial charge in [-0.1, -0.05) is 6.92 Å². The van der Waals surface area contributed by atoms with Crippen LogP contribution in [0.1, 0.15) is 19.8 Å². The zero-order valence-electron chi connectivity index (χ0n) is 9.38. The van der Waals surface area contributed by atoms with Gasteiger partial charge >= 0.3 is 0 Å². The maximum atomic E-state index is 5.38. The third-order valence-electron chi connectivity index (χ3n) is 3.55. The summed E-state index contributed by atoms with van der Waals surface area (Å²) in [6.45, 7) is 7.86. The Labute approximate surface area is 86.8 Å². The molecule has 0 aromatic carbocycles. The van der Waals surface area contributed by atoms with E-state index in [2.05, 4.69) is 24.2 Å². The van der Waals surface area contributed by atoms with Gasteiger partial charge in [0.1, 0.15) is 0 Å². The fourth-order valence-electron chi connectivity index (χ4n) is 2.52. The van der Waals surface area contributed by atoms with Crippen LogP contribution in [-0.2, 0) is 4.74 Å². The smallest absolute Gasteiger partial charge is 0.0480 e. The van der Waals surface area contributed by atoms with Crippen LogP contribution < -0.4 is 5.32 Å². The molecule has 0 bridgehead atoms. The van der Waals surface area contributed by atoms with E-state index in [0.717, 1.165) is 19.3 Å². The van der Waals surface area contributed by atoms with Gasteiger partial charge in [-0.15, -0.1) is 0 Å². The Morgan fingerprint density at radius 3 is 2.50 bits per heavy atom. The number of hydrogen-bond acceptors (Lipinski definition) is 3. The van der Waals surface area contributed by atoms with Crippen molar-refractivity contribution in [3.05, 3.63) is 0 Å². The van der Waals surface area contributed by atoms with Crippen molar-refractivity contribution in [2.75, 3.05) is 39.9 Å².